The summed E-state index contributed by atoms with van der Waals surface area (Å²) in [6.45, 7) is 2.75. The van der Waals surface area contributed by atoms with Gasteiger partial charge >= 0.3 is 0 Å². The first-order valence-electron chi connectivity index (χ1n) is 6.98. The van der Waals surface area contributed by atoms with E-state index in [-0.39, 0.29) is 17.0 Å². The van der Waals surface area contributed by atoms with Crippen LogP contribution in [0, 0.1) is 0 Å². The molecule has 0 saturated carbocycles. The van der Waals surface area contributed by atoms with Gasteiger partial charge in [0.25, 0.3) is 5.91 Å². The summed E-state index contributed by atoms with van der Waals surface area (Å²) in [5.74, 6) is -0.394. The first-order chi connectivity index (χ1) is 9.91. The second kappa shape index (κ2) is 6.55. The van der Waals surface area contributed by atoms with Gasteiger partial charge in [0, 0.05) is 25.2 Å². The quantitative estimate of drug-likeness (QED) is 0.833. The van der Waals surface area contributed by atoms with E-state index in [9.17, 15) is 13.2 Å². The van der Waals surface area contributed by atoms with Gasteiger partial charge in [0.15, 0.2) is 0 Å². The Hall–Kier alpha value is -1.44. The number of nitrogens with one attached hydrogen (secondary N) is 1. The Morgan fingerprint density at radius 2 is 2.05 bits per heavy atom. The van der Waals surface area contributed by atoms with Crippen LogP contribution in [-0.2, 0) is 10.0 Å². The largest absolute Gasteiger partial charge is 0.392 e. The second-order valence-corrected chi connectivity index (χ2v) is 7.14. The summed E-state index contributed by atoms with van der Waals surface area (Å²) in [6.07, 6.45) is 1.09. The SMILES string of the molecule is C[C@H](O)CNC(=O)c1cccc(S(=O)(=O)N2CCCC2)c1. The van der Waals surface area contributed by atoms with Gasteiger partial charge in [-0.2, -0.15) is 4.31 Å². The van der Waals surface area contributed by atoms with Crippen molar-refractivity contribution in [1.29, 1.82) is 0 Å². The van der Waals surface area contributed by atoms with Gasteiger partial charge in [0.2, 0.25) is 10.0 Å². The van der Waals surface area contributed by atoms with E-state index in [2.05, 4.69) is 5.32 Å². The molecule has 0 aromatic heterocycles. The van der Waals surface area contributed by atoms with Crippen LogP contribution in [0.2, 0.25) is 0 Å². The Kier molecular flexibility index (Phi) is 4.97. The summed E-state index contributed by atoms with van der Waals surface area (Å²) in [6, 6.07) is 5.99. The molecule has 116 valence electrons. The van der Waals surface area contributed by atoms with E-state index in [0.29, 0.717) is 13.1 Å². The summed E-state index contributed by atoms with van der Waals surface area (Å²) >= 11 is 0. The van der Waals surface area contributed by atoms with Crippen LogP contribution in [-0.4, -0.2) is 49.5 Å². The highest BCUT2D eigenvalue weighted by Crippen LogP contribution is 2.21. The third kappa shape index (κ3) is 3.81. The minimum Gasteiger partial charge on any atom is -0.392 e. The van der Waals surface area contributed by atoms with Crippen molar-refractivity contribution in [1.82, 2.24) is 9.62 Å². The first kappa shape index (κ1) is 15.9. The molecule has 21 heavy (non-hydrogen) atoms. The number of benzene rings is 1. The Morgan fingerprint density at radius 1 is 1.38 bits per heavy atom. The van der Waals surface area contributed by atoms with Gasteiger partial charge in [-0.15, -0.1) is 0 Å². The molecule has 6 nitrogen and oxygen atoms in total. The molecule has 0 bridgehead atoms. The van der Waals surface area contributed by atoms with Gasteiger partial charge in [0.1, 0.15) is 0 Å². The van der Waals surface area contributed by atoms with Crippen molar-refractivity contribution in [3.05, 3.63) is 29.8 Å². The molecule has 2 rings (SSSR count). The summed E-state index contributed by atoms with van der Waals surface area (Å²) in [4.78, 5) is 12.1. The lowest BCUT2D eigenvalue weighted by atomic mass is 10.2. The number of nitrogens with zero attached hydrogens (tertiary/aromatic N) is 1. The zero-order chi connectivity index (χ0) is 15.5. The molecule has 1 saturated heterocycles. The Balaban J connectivity index is 2.19. The van der Waals surface area contributed by atoms with Gasteiger partial charge in [-0.3, -0.25) is 4.79 Å². The number of carbonyl (C=O) groups excluding carboxylic acids is 1. The van der Waals surface area contributed by atoms with Crippen molar-refractivity contribution in [2.24, 2.45) is 0 Å². The Bertz CT molecular complexity index is 607. The molecule has 1 aliphatic heterocycles. The monoisotopic (exact) mass is 312 g/mol. The number of hydrogen-bond donors (Lipinski definition) is 2. The van der Waals surface area contributed by atoms with Crippen LogP contribution in [0.25, 0.3) is 0 Å². The third-order valence-electron chi connectivity index (χ3n) is 3.36. The van der Waals surface area contributed by atoms with Crippen molar-refractivity contribution >= 4 is 15.9 Å². The maximum atomic E-state index is 12.4. The topological polar surface area (TPSA) is 86.7 Å². The van der Waals surface area contributed by atoms with Gasteiger partial charge in [-0.05, 0) is 38.0 Å². The van der Waals surface area contributed by atoms with E-state index < -0.39 is 22.0 Å². The number of rotatable bonds is 5. The molecule has 2 N–H and O–H groups in total. The van der Waals surface area contributed by atoms with Crippen LogP contribution in [0.3, 0.4) is 0 Å². The molecule has 1 heterocycles. The average Bonchev–Trinajstić information content (AvgIpc) is 2.99. The number of aliphatic hydroxyl groups excluding tert-OH is 1. The normalized spacial score (nSPS) is 17.6. The summed E-state index contributed by atoms with van der Waals surface area (Å²) < 4.78 is 26.3. The molecular formula is C14H20N2O4S. The number of amides is 1. The molecule has 1 aromatic rings. The van der Waals surface area contributed by atoms with E-state index in [1.54, 1.807) is 19.1 Å². The van der Waals surface area contributed by atoms with Crippen LogP contribution in [0.5, 0.6) is 0 Å². The molecule has 1 aliphatic rings. The zero-order valence-electron chi connectivity index (χ0n) is 11.9. The number of hydrogen-bond acceptors (Lipinski definition) is 4. The number of sulfonamides is 1. The standard InChI is InChI=1S/C14H20N2O4S/c1-11(17)10-15-14(18)12-5-4-6-13(9-12)21(19,20)16-7-2-3-8-16/h4-6,9,11,17H,2-3,7-8,10H2,1H3,(H,15,18)/t11-/m0/s1. The summed E-state index contributed by atoms with van der Waals surface area (Å²) in [5, 5.41) is 11.7. The van der Waals surface area contributed by atoms with E-state index in [1.165, 1.54) is 16.4 Å². The minimum absolute atomic E-state index is 0.127. The highest BCUT2D eigenvalue weighted by Gasteiger charge is 2.27. The molecular weight excluding hydrogens is 292 g/mol. The number of carbonyl (C=O) groups is 1. The molecule has 0 aliphatic carbocycles. The molecule has 1 amide bonds. The zero-order valence-corrected chi connectivity index (χ0v) is 12.8. The van der Waals surface area contributed by atoms with Gasteiger partial charge in [-0.1, -0.05) is 6.07 Å². The van der Waals surface area contributed by atoms with Crippen LogP contribution < -0.4 is 5.32 Å². The highest BCUT2D eigenvalue weighted by molar-refractivity contribution is 7.89. The molecule has 7 heteroatoms. The Labute approximate surface area is 124 Å². The molecule has 1 aromatic carbocycles. The molecule has 1 atom stereocenters. The lowest BCUT2D eigenvalue weighted by molar-refractivity contribution is 0.0924. The van der Waals surface area contributed by atoms with Gasteiger partial charge in [-0.25, -0.2) is 8.42 Å². The predicted molar refractivity (Wildman–Crippen MR) is 78.4 cm³/mol. The van der Waals surface area contributed by atoms with Crippen LogP contribution >= 0.6 is 0 Å². The third-order valence-corrected chi connectivity index (χ3v) is 5.25. The Morgan fingerprint density at radius 3 is 2.67 bits per heavy atom. The van der Waals surface area contributed by atoms with Gasteiger partial charge in [0.05, 0.1) is 11.0 Å². The fourth-order valence-electron chi connectivity index (χ4n) is 2.22. The molecule has 0 radical (unpaired) electrons. The van der Waals surface area contributed by atoms with E-state index in [0.717, 1.165) is 12.8 Å². The second-order valence-electron chi connectivity index (χ2n) is 5.20. The van der Waals surface area contributed by atoms with E-state index in [1.807, 2.05) is 0 Å². The number of aliphatic hydroxyl groups is 1. The molecule has 1 fully saturated rings. The van der Waals surface area contributed by atoms with Crippen molar-refractivity contribution in [2.45, 2.75) is 30.8 Å². The van der Waals surface area contributed by atoms with Crippen molar-refractivity contribution in [3.63, 3.8) is 0 Å². The predicted octanol–water partition coefficient (Wildman–Crippen LogP) is 0.582. The van der Waals surface area contributed by atoms with Crippen LogP contribution in [0.4, 0.5) is 0 Å². The molecule has 0 spiro atoms. The lowest BCUT2D eigenvalue weighted by Gasteiger charge is -2.16. The van der Waals surface area contributed by atoms with Crippen LogP contribution in [0.15, 0.2) is 29.2 Å². The van der Waals surface area contributed by atoms with Crippen molar-refractivity contribution in [2.75, 3.05) is 19.6 Å². The maximum Gasteiger partial charge on any atom is 0.251 e. The van der Waals surface area contributed by atoms with Crippen molar-refractivity contribution in [3.8, 4) is 0 Å². The van der Waals surface area contributed by atoms with E-state index >= 15 is 0 Å². The van der Waals surface area contributed by atoms with Gasteiger partial charge < -0.3 is 10.4 Å². The first-order valence-corrected chi connectivity index (χ1v) is 8.42. The van der Waals surface area contributed by atoms with E-state index in [4.69, 9.17) is 5.11 Å². The van der Waals surface area contributed by atoms with Crippen molar-refractivity contribution < 1.29 is 18.3 Å². The maximum absolute atomic E-state index is 12.4. The highest BCUT2D eigenvalue weighted by atomic mass is 32.2. The average molecular weight is 312 g/mol. The smallest absolute Gasteiger partial charge is 0.251 e. The lowest BCUT2D eigenvalue weighted by Crippen LogP contribution is -2.31. The summed E-state index contributed by atoms with van der Waals surface area (Å²) in [7, 11) is -3.52. The summed E-state index contributed by atoms with van der Waals surface area (Å²) in [5.41, 5.74) is 0.274. The minimum atomic E-state index is -3.52. The fraction of sp³-hybridized carbons (Fsp3) is 0.500. The fourth-order valence-corrected chi connectivity index (χ4v) is 3.78. The molecule has 0 unspecified atom stereocenters. The van der Waals surface area contributed by atoms with Crippen LogP contribution in [0.1, 0.15) is 30.1 Å².